The number of hydrogen-bond donors (Lipinski definition) is 0. The summed E-state index contributed by atoms with van der Waals surface area (Å²) in [5, 5.41) is 0.968. The highest BCUT2D eigenvalue weighted by molar-refractivity contribution is 14.1. The number of thioether (sulfide) groups is 1. The molecule has 0 fully saturated rings. The molecule has 0 aliphatic carbocycles. The van der Waals surface area contributed by atoms with E-state index in [1.54, 1.807) is 40.8 Å². The first-order chi connectivity index (χ1) is 10.7. The lowest BCUT2D eigenvalue weighted by molar-refractivity contribution is -0.0688. The van der Waals surface area contributed by atoms with Gasteiger partial charge in [0.1, 0.15) is 0 Å². The lowest BCUT2D eigenvalue weighted by Crippen LogP contribution is -2.11. The third kappa shape index (κ3) is 4.95. The Balaban J connectivity index is 2.53. The lowest BCUT2D eigenvalue weighted by atomic mass is 10.1. The largest absolute Gasteiger partial charge is 0.418 e. The number of halogens is 7. The van der Waals surface area contributed by atoms with Crippen molar-refractivity contribution in [3.63, 3.8) is 0 Å². The molecule has 0 amide bonds. The van der Waals surface area contributed by atoms with E-state index < -0.39 is 11.7 Å². The van der Waals surface area contributed by atoms with Gasteiger partial charge in [0.25, 0.3) is 0 Å². The quantitative estimate of drug-likeness (QED) is 0.298. The van der Waals surface area contributed by atoms with E-state index in [1.807, 2.05) is 0 Å². The Labute approximate surface area is 164 Å². The van der Waals surface area contributed by atoms with Crippen LogP contribution < -0.4 is 0 Å². The Morgan fingerprint density at radius 2 is 1.43 bits per heavy atom. The van der Waals surface area contributed by atoms with E-state index in [-0.39, 0.29) is 8.48 Å². The molecule has 2 rings (SSSR count). The highest BCUT2D eigenvalue weighted by atomic mass is 127. The van der Waals surface area contributed by atoms with E-state index in [1.165, 1.54) is 24.3 Å². The number of hydrogen-bond acceptors (Lipinski definition) is 1. The molecular weight excluding hydrogens is 502 g/mol. The summed E-state index contributed by atoms with van der Waals surface area (Å²) in [4.78, 5) is 0.385. The summed E-state index contributed by atoms with van der Waals surface area (Å²) in [7, 11) is 0. The normalized spacial score (nSPS) is 13.0. The van der Waals surface area contributed by atoms with Gasteiger partial charge in [-0.3, -0.25) is 0 Å². The number of benzene rings is 2. The number of alkyl halides is 3. The zero-order valence-electron chi connectivity index (χ0n) is 11.1. The molecule has 0 N–H and O–H groups in total. The van der Waals surface area contributed by atoms with Gasteiger partial charge in [-0.15, -0.1) is 0 Å². The molecule has 2 aromatic carbocycles. The van der Waals surface area contributed by atoms with Gasteiger partial charge in [-0.05, 0) is 52.4 Å². The van der Waals surface area contributed by atoms with Gasteiger partial charge in [0.15, 0.2) is 0 Å². The molecule has 0 radical (unpaired) electrons. The Bertz CT molecular complexity index is 722. The van der Waals surface area contributed by atoms with Crippen LogP contribution in [0.2, 0.25) is 15.1 Å². The molecule has 0 saturated heterocycles. The molecule has 0 aromatic heterocycles. The summed E-state index contributed by atoms with van der Waals surface area (Å²) in [5.74, 6) is 0. The highest BCUT2D eigenvalue weighted by Crippen LogP contribution is 2.48. The minimum Gasteiger partial charge on any atom is -0.166 e. The van der Waals surface area contributed by atoms with Gasteiger partial charge in [0.05, 0.1) is 18.5 Å². The van der Waals surface area contributed by atoms with Gasteiger partial charge >= 0.3 is 6.18 Å². The smallest absolute Gasteiger partial charge is 0.166 e. The molecule has 2 aromatic rings. The van der Waals surface area contributed by atoms with E-state index >= 15 is 0 Å². The van der Waals surface area contributed by atoms with Crippen molar-refractivity contribution in [2.24, 2.45) is 0 Å². The van der Waals surface area contributed by atoms with Crippen molar-refractivity contribution >= 4 is 74.7 Å². The molecule has 0 spiro atoms. The summed E-state index contributed by atoms with van der Waals surface area (Å²) >= 11 is 20.3. The van der Waals surface area contributed by atoms with Gasteiger partial charge < -0.3 is 0 Å². The Hall–Kier alpha value is -0.0800. The van der Waals surface area contributed by atoms with Gasteiger partial charge in [-0.2, -0.15) is 13.2 Å². The van der Waals surface area contributed by atoms with Gasteiger partial charge in [-0.1, -0.05) is 64.8 Å². The summed E-state index contributed by atoms with van der Waals surface area (Å²) in [5.41, 5.74) is -0.724. The van der Waals surface area contributed by atoms with E-state index in [9.17, 15) is 13.2 Å². The second-order valence-corrected chi connectivity index (χ2v) is 8.39. The van der Waals surface area contributed by atoms with Gasteiger partial charge in [0, 0.05) is 9.92 Å². The minimum atomic E-state index is -4.52. The van der Waals surface area contributed by atoms with E-state index in [0.717, 1.165) is 11.8 Å². The Kier molecular flexibility index (Phi) is 6.58. The monoisotopic (exact) mass is 508 g/mol. The molecule has 0 nitrogen and oxygen atoms in total. The van der Waals surface area contributed by atoms with Crippen molar-refractivity contribution in [2.45, 2.75) is 11.1 Å². The topological polar surface area (TPSA) is 0 Å². The molecule has 0 aliphatic heterocycles. The van der Waals surface area contributed by atoms with Crippen LogP contribution >= 0.6 is 69.2 Å². The fourth-order valence-electron chi connectivity index (χ4n) is 1.73. The maximum absolute atomic E-state index is 13.5. The molecule has 122 valence electrons. The third-order valence-electron chi connectivity index (χ3n) is 2.72. The first-order valence-corrected chi connectivity index (χ1v) is 9.08. The van der Waals surface area contributed by atoms with Crippen molar-refractivity contribution in [1.82, 2.24) is 0 Å². The van der Waals surface area contributed by atoms with Crippen molar-refractivity contribution in [3.8, 4) is 0 Å². The van der Waals surface area contributed by atoms with Crippen LogP contribution in [0.3, 0.4) is 0 Å². The highest BCUT2D eigenvalue weighted by Gasteiger charge is 2.37. The summed E-state index contributed by atoms with van der Waals surface area (Å²) in [6.45, 7) is 0. The van der Waals surface area contributed by atoms with Crippen molar-refractivity contribution in [2.75, 3.05) is 0 Å². The predicted molar refractivity (Wildman–Crippen MR) is 101 cm³/mol. The number of rotatable bonds is 3. The predicted octanol–water partition coefficient (Wildman–Crippen LogP) is 8.11. The number of allylic oxidation sites excluding steroid dienone is 1. The molecule has 0 saturated carbocycles. The maximum atomic E-state index is 13.5. The average molecular weight is 510 g/mol. The zero-order valence-corrected chi connectivity index (χ0v) is 16.3. The van der Waals surface area contributed by atoms with Crippen molar-refractivity contribution in [3.05, 3.63) is 66.0 Å². The fraction of sp³-hybridized carbons (Fsp3) is 0.0667. The van der Waals surface area contributed by atoms with Crippen molar-refractivity contribution < 1.29 is 13.2 Å². The van der Waals surface area contributed by atoms with Crippen LogP contribution in [-0.4, -0.2) is 6.18 Å². The zero-order chi connectivity index (χ0) is 17.2. The van der Waals surface area contributed by atoms with E-state index in [2.05, 4.69) is 0 Å². The SMILES string of the molecule is FC(F)(F)/C(=C(\I)Sc1c(Cl)cccc1Cl)c1ccc(Cl)cc1. The molecule has 23 heavy (non-hydrogen) atoms. The molecular formula is C15H7Cl3F3IS. The standard InChI is InChI=1S/C15H7Cl3F3IS/c16-9-6-4-8(5-7-9)12(15(19,20)21)14(22)23-13-10(17)2-1-3-11(13)18/h1-7H/b14-12+. The van der Waals surface area contributed by atoms with E-state index in [0.29, 0.717) is 20.0 Å². The average Bonchev–Trinajstić information content (AvgIpc) is 2.44. The maximum Gasteiger partial charge on any atom is 0.418 e. The van der Waals surface area contributed by atoms with Crippen LogP contribution in [0.4, 0.5) is 13.2 Å². The van der Waals surface area contributed by atoms with Crippen LogP contribution in [0.25, 0.3) is 5.57 Å². The van der Waals surface area contributed by atoms with E-state index in [4.69, 9.17) is 34.8 Å². The summed E-state index contributed by atoms with van der Waals surface area (Å²) in [6.07, 6.45) is -4.52. The van der Waals surface area contributed by atoms with Crippen molar-refractivity contribution in [1.29, 1.82) is 0 Å². The Morgan fingerprint density at radius 3 is 1.91 bits per heavy atom. The fourth-order valence-corrected chi connectivity index (χ4v) is 4.60. The third-order valence-corrected chi connectivity index (χ3v) is 6.06. The molecule has 0 atom stereocenters. The summed E-state index contributed by atoms with van der Waals surface area (Å²) in [6, 6.07) is 10.3. The summed E-state index contributed by atoms with van der Waals surface area (Å²) < 4.78 is 40.5. The first kappa shape index (κ1) is 19.2. The van der Waals surface area contributed by atoms with Crippen LogP contribution in [0.15, 0.2) is 50.3 Å². The van der Waals surface area contributed by atoms with Gasteiger partial charge in [0.2, 0.25) is 0 Å². The molecule has 0 bridgehead atoms. The minimum absolute atomic E-state index is 0.0208. The van der Waals surface area contributed by atoms with Crippen LogP contribution in [0, 0.1) is 0 Å². The molecule has 8 heteroatoms. The first-order valence-electron chi connectivity index (χ1n) is 6.05. The van der Waals surface area contributed by atoms with Crippen LogP contribution in [0.5, 0.6) is 0 Å². The Morgan fingerprint density at radius 1 is 0.913 bits per heavy atom. The van der Waals surface area contributed by atoms with Crippen LogP contribution in [-0.2, 0) is 0 Å². The van der Waals surface area contributed by atoms with Crippen LogP contribution in [0.1, 0.15) is 5.56 Å². The van der Waals surface area contributed by atoms with Gasteiger partial charge in [-0.25, -0.2) is 0 Å². The molecule has 0 aliphatic rings. The second kappa shape index (κ2) is 7.87. The lowest BCUT2D eigenvalue weighted by Gasteiger charge is -2.15. The second-order valence-electron chi connectivity index (χ2n) is 4.31. The molecule has 0 unspecified atom stereocenters. The molecule has 0 heterocycles.